The Morgan fingerprint density at radius 2 is 2.19 bits per heavy atom. The number of benzene rings is 1. The highest BCUT2D eigenvalue weighted by Gasteiger charge is 2.29. The van der Waals surface area contributed by atoms with E-state index in [1.165, 1.54) is 13.8 Å². The van der Waals surface area contributed by atoms with E-state index in [9.17, 15) is 4.79 Å². The largest absolute Gasteiger partial charge is 0.478 e. The molecule has 0 aliphatic carbocycles. The van der Waals surface area contributed by atoms with Crippen LogP contribution < -0.4 is 4.74 Å². The first-order valence-electron chi connectivity index (χ1n) is 5.03. The van der Waals surface area contributed by atoms with E-state index in [0.717, 1.165) is 17.3 Å². The highest BCUT2D eigenvalue weighted by molar-refractivity contribution is 9.09. The fourth-order valence-electron chi connectivity index (χ4n) is 1.21. The number of aliphatic carboxylic acids is 1. The van der Waals surface area contributed by atoms with E-state index in [2.05, 4.69) is 15.9 Å². The molecular formula is C12H15BrO3. The summed E-state index contributed by atoms with van der Waals surface area (Å²) in [6.45, 7) is 3.07. The van der Waals surface area contributed by atoms with Crippen LogP contribution in [0.15, 0.2) is 24.3 Å². The molecular weight excluding hydrogens is 272 g/mol. The molecule has 0 aliphatic heterocycles. The van der Waals surface area contributed by atoms with Gasteiger partial charge in [0.25, 0.3) is 0 Å². The zero-order chi connectivity index (χ0) is 12.2. The van der Waals surface area contributed by atoms with Gasteiger partial charge >= 0.3 is 5.97 Å². The number of rotatable bonds is 5. The first kappa shape index (κ1) is 13.0. The lowest BCUT2D eigenvalue weighted by molar-refractivity contribution is -0.152. The summed E-state index contributed by atoms with van der Waals surface area (Å²) in [5, 5.41) is 9.82. The summed E-state index contributed by atoms with van der Waals surface area (Å²) in [7, 11) is 0. The maximum Gasteiger partial charge on any atom is 0.347 e. The Kier molecular flexibility index (Phi) is 4.35. The monoisotopic (exact) mass is 286 g/mol. The number of hydrogen-bond donors (Lipinski definition) is 1. The van der Waals surface area contributed by atoms with Crippen LogP contribution in [-0.4, -0.2) is 22.0 Å². The molecule has 1 aromatic rings. The van der Waals surface area contributed by atoms with Crippen LogP contribution in [0.5, 0.6) is 5.75 Å². The Morgan fingerprint density at radius 1 is 1.50 bits per heavy atom. The van der Waals surface area contributed by atoms with Crippen molar-refractivity contribution in [1.82, 2.24) is 0 Å². The second-order valence-electron chi connectivity index (χ2n) is 4.00. The van der Waals surface area contributed by atoms with E-state index < -0.39 is 11.6 Å². The fraction of sp³-hybridized carbons (Fsp3) is 0.417. The molecule has 0 saturated heterocycles. The highest BCUT2D eigenvalue weighted by Crippen LogP contribution is 2.20. The van der Waals surface area contributed by atoms with Crippen LogP contribution in [0.25, 0.3) is 0 Å². The Morgan fingerprint density at radius 3 is 2.75 bits per heavy atom. The van der Waals surface area contributed by atoms with Gasteiger partial charge in [-0.3, -0.25) is 0 Å². The molecule has 0 heterocycles. The van der Waals surface area contributed by atoms with Crippen molar-refractivity contribution in [2.75, 3.05) is 5.33 Å². The minimum Gasteiger partial charge on any atom is -0.478 e. The topological polar surface area (TPSA) is 46.5 Å². The number of carboxylic acids is 1. The molecule has 16 heavy (non-hydrogen) atoms. The first-order chi connectivity index (χ1) is 7.45. The van der Waals surface area contributed by atoms with Crippen molar-refractivity contribution >= 4 is 21.9 Å². The summed E-state index contributed by atoms with van der Waals surface area (Å²) in [5.74, 6) is -0.385. The quantitative estimate of drug-likeness (QED) is 0.847. The Labute approximate surface area is 104 Å². The van der Waals surface area contributed by atoms with Gasteiger partial charge in [0.2, 0.25) is 0 Å². The number of carbonyl (C=O) groups is 1. The van der Waals surface area contributed by atoms with Gasteiger partial charge < -0.3 is 9.84 Å². The van der Waals surface area contributed by atoms with Crippen molar-refractivity contribution in [3.63, 3.8) is 0 Å². The van der Waals surface area contributed by atoms with Gasteiger partial charge in [-0.1, -0.05) is 28.1 Å². The second-order valence-corrected chi connectivity index (χ2v) is 4.80. The number of halogens is 1. The number of carboxylic acid groups (broad SMARTS) is 1. The minimum atomic E-state index is -1.20. The van der Waals surface area contributed by atoms with Crippen molar-refractivity contribution in [1.29, 1.82) is 0 Å². The molecule has 1 aromatic carbocycles. The maximum atomic E-state index is 10.9. The lowest BCUT2D eigenvalue weighted by Crippen LogP contribution is -2.37. The van der Waals surface area contributed by atoms with Gasteiger partial charge in [0.05, 0.1) is 0 Å². The van der Waals surface area contributed by atoms with Gasteiger partial charge in [-0.15, -0.1) is 0 Å². The third-order valence-electron chi connectivity index (χ3n) is 2.17. The molecule has 1 rings (SSSR count). The number of alkyl halides is 1. The molecule has 4 heteroatoms. The molecule has 3 nitrogen and oxygen atoms in total. The molecule has 0 aromatic heterocycles. The van der Waals surface area contributed by atoms with Gasteiger partial charge in [-0.25, -0.2) is 4.79 Å². The van der Waals surface area contributed by atoms with Crippen LogP contribution in [0, 0.1) is 0 Å². The van der Waals surface area contributed by atoms with Gasteiger partial charge in [-0.05, 0) is 38.0 Å². The van der Waals surface area contributed by atoms with E-state index in [-0.39, 0.29) is 0 Å². The fourth-order valence-corrected chi connectivity index (χ4v) is 1.67. The predicted octanol–water partition coefficient (Wildman–Crippen LogP) is 2.87. The molecule has 88 valence electrons. The van der Waals surface area contributed by atoms with E-state index in [1.807, 2.05) is 18.2 Å². The van der Waals surface area contributed by atoms with Crippen LogP contribution in [0.2, 0.25) is 0 Å². The van der Waals surface area contributed by atoms with Crippen molar-refractivity contribution in [3.05, 3.63) is 29.8 Å². The molecule has 0 atom stereocenters. The van der Waals surface area contributed by atoms with Crippen LogP contribution in [-0.2, 0) is 11.2 Å². The molecule has 0 unspecified atom stereocenters. The highest BCUT2D eigenvalue weighted by atomic mass is 79.9. The number of aryl methyl sites for hydroxylation is 1. The molecule has 0 fully saturated rings. The van der Waals surface area contributed by atoms with E-state index in [4.69, 9.17) is 9.84 Å². The van der Waals surface area contributed by atoms with Crippen LogP contribution >= 0.6 is 15.9 Å². The predicted molar refractivity (Wildman–Crippen MR) is 66.3 cm³/mol. The number of ether oxygens (including phenoxy) is 1. The summed E-state index contributed by atoms with van der Waals surface area (Å²) in [6, 6.07) is 7.49. The Hall–Kier alpha value is -1.03. The smallest absolute Gasteiger partial charge is 0.347 e. The number of hydrogen-bond acceptors (Lipinski definition) is 2. The molecule has 0 aliphatic rings. The minimum absolute atomic E-state index is 0.589. The van der Waals surface area contributed by atoms with E-state index >= 15 is 0 Å². The first-order valence-corrected chi connectivity index (χ1v) is 6.15. The van der Waals surface area contributed by atoms with Crippen molar-refractivity contribution in [2.24, 2.45) is 0 Å². The normalized spacial score (nSPS) is 11.2. The summed E-state index contributed by atoms with van der Waals surface area (Å²) >= 11 is 3.36. The van der Waals surface area contributed by atoms with Crippen molar-refractivity contribution < 1.29 is 14.6 Å². The Bertz CT molecular complexity index is 374. The van der Waals surface area contributed by atoms with E-state index in [0.29, 0.717) is 5.75 Å². The van der Waals surface area contributed by atoms with Crippen molar-refractivity contribution in [2.45, 2.75) is 25.9 Å². The van der Waals surface area contributed by atoms with E-state index in [1.54, 1.807) is 6.07 Å². The second kappa shape index (κ2) is 5.34. The molecule has 1 N–H and O–H groups in total. The van der Waals surface area contributed by atoms with Crippen LogP contribution in [0.4, 0.5) is 0 Å². The third-order valence-corrected chi connectivity index (χ3v) is 2.57. The SMILES string of the molecule is CC(C)(Oc1cccc(CCBr)c1)C(=O)O. The Balaban J connectivity index is 2.81. The molecule has 0 amide bonds. The van der Waals surface area contributed by atoms with Crippen molar-refractivity contribution in [3.8, 4) is 5.75 Å². The molecule has 0 saturated carbocycles. The third kappa shape index (κ3) is 3.52. The van der Waals surface area contributed by atoms with Gasteiger partial charge in [0.1, 0.15) is 5.75 Å². The summed E-state index contributed by atoms with van der Waals surface area (Å²) in [4.78, 5) is 10.9. The van der Waals surface area contributed by atoms with Gasteiger partial charge in [0, 0.05) is 5.33 Å². The van der Waals surface area contributed by atoms with Gasteiger partial charge in [-0.2, -0.15) is 0 Å². The standard InChI is InChI=1S/C12H15BrO3/c1-12(2,11(14)15)16-10-5-3-4-9(8-10)6-7-13/h3-5,8H,6-7H2,1-2H3,(H,14,15). The molecule has 0 bridgehead atoms. The average molecular weight is 287 g/mol. The zero-order valence-electron chi connectivity index (χ0n) is 9.37. The van der Waals surface area contributed by atoms with Crippen LogP contribution in [0.1, 0.15) is 19.4 Å². The molecule has 0 spiro atoms. The van der Waals surface area contributed by atoms with Crippen LogP contribution in [0.3, 0.4) is 0 Å². The lowest BCUT2D eigenvalue weighted by Gasteiger charge is -2.21. The molecule has 0 radical (unpaired) electrons. The maximum absolute atomic E-state index is 10.9. The summed E-state index contributed by atoms with van der Waals surface area (Å²) < 4.78 is 5.44. The summed E-state index contributed by atoms with van der Waals surface area (Å²) in [6.07, 6.45) is 0.894. The van der Waals surface area contributed by atoms with Gasteiger partial charge in [0.15, 0.2) is 5.60 Å². The zero-order valence-corrected chi connectivity index (χ0v) is 11.0. The lowest BCUT2D eigenvalue weighted by atomic mass is 10.1. The summed E-state index contributed by atoms with van der Waals surface area (Å²) in [5.41, 5.74) is -0.0805. The average Bonchev–Trinajstić information content (AvgIpc) is 2.17.